The van der Waals surface area contributed by atoms with Crippen molar-refractivity contribution in [3.05, 3.63) is 11.0 Å². The minimum atomic E-state index is 1.25. The molecule has 0 aromatic carbocycles. The van der Waals surface area contributed by atoms with Crippen molar-refractivity contribution in [1.82, 2.24) is 0 Å². The Morgan fingerprint density at radius 3 is 1.71 bits per heavy atom. The maximum absolute atomic E-state index is 2.34. The number of allylic oxidation sites excluding steroid dienone is 2. The first-order valence-electron chi connectivity index (χ1n) is 7.93. The molecule has 0 spiro atoms. The van der Waals surface area contributed by atoms with E-state index in [-0.39, 0.29) is 0 Å². The van der Waals surface area contributed by atoms with Crippen LogP contribution in [0.2, 0.25) is 0 Å². The molecule has 0 heterocycles. The van der Waals surface area contributed by atoms with E-state index in [9.17, 15) is 0 Å². The van der Waals surface area contributed by atoms with Gasteiger partial charge in [0.2, 0.25) is 0 Å². The zero-order valence-corrected chi connectivity index (χ0v) is 12.8. The van der Waals surface area contributed by atoms with Gasteiger partial charge >= 0.3 is 0 Å². The maximum Gasteiger partial charge on any atom is 0.133 e. The van der Waals surface area contributed by atoms with Crippen LogP contribution in [0.25, 0.3) is 0 Å². The van der Waals surface area contributed by atoms with E-state index in [2.05, 4.69) is 28.6 Å². The molecule has 0 aromatic rings. The summed E-state index contributed by atoms with van der Waals surface area (Å²) in [6.45, 7) is 6.88. The molecule has 0 radical (unpaired) electrons. The Bertz CT molecular complexity index is 194. The first-order valence-corrected chi connectivity index (χ1v) is 7.93. The van der Waals surface area contributed by atoms with Gasteiger partial charge in [-0.3, -0.25) is 0 Å². The van der Waals surface area contributed by atoms with Crippen molar-refractivity contribution in [2.75, 3.05) is 0 Å². The minimum absolute atomic E-state index is 1.25. The van der Waals surface area contributed by atoms with E-state index in [0.717, 1.165) is 0 Å². The summed E-state index contributed by atoms with van der Waals surface area (Å²) >= 11 is 0. The average molecular weight is 236 g/mol. The Hall–Kier alpha value is -0.195. The van der Waals surface area contributed by atoms with Gasteiger partial charge in [0.05, 0.1) is 0 Å². The van der Waals surface area contributed by atoms with Crippen LogP contribution in [-0.4, -0.2) is 7.85 Å². The highest BCUT2D eigenvalue weighted by molar-refractivity contribution is 6.21. The second-order valence-electron chi connectivity index (χ2n) is 5.36. The smallest absolute Gasteiger partial charge is 0.111 e. The topological polar surface area (TPSA) is 0 Å². The number of hydrogen-bond donors (Lipinski definition) is 0. The van der Waals surface area contributed by atoms with Gasteiger partial charge in [0, 0.05) is 0 Å². The molecule has 0 rings (SSSR count). The summed E-state index contributed by atoms with van der Waals surface area (Å²) in [7, 11) is 2.34. The monoisotopic (exact) mass is 236 g/mol. The molecule has 0 nitrogen and oxygen atoms in total. The molecular formula is C16H33B. The lowest BCUT2D eigenvalue weighted by Crippen LogP contribution is -1.93. The van der Waals surface area contributed by atoms with Gasteiger partial charge in [0.1, 0.15) is 7.85 Å². The molecule has 0 N–H and O–H groups in total. The van der Waals surface area contributed by atoms with Crippen molar-refractivity contribution in [3.8, 4) is 0 Å². The first kappa shape index (κ1) is 16.8. The fourth-order valence-corrected chi connectivity index (χ4v) is 2.33. The number of rotatable bonds is 11. The third kappa shape index (κ3) is 9.50. The van der Waals surface area contributed by atoms with Crippen molar-refractivity contribution < 1.29 is 0 Å². The van der Waals surface area contributed by atoms with Gasteiger partial charge in [-0.25, -0.2) is 0 Å². The molecule has 0 saturated heterocycles. The first-order chi connectivity index (χ1) is 8.26. The molecule has 0 fully saturated rings. The van der Waals surface area contributed by atoms with Crippen LogP contribution in [0.5, 0.6) is 0 Å². The third-order valence-corrected chi connectivity index (χ3v) is 3.80. The van der Waals surface area contributed by atoms with Gasteiger partial charge in [-0.2, -0.15) is 0 Å². The maximum atomic E-state index is 2.34. The van der Waals surface area contributed by atoms with E-state index in [1.165, 1.54) is 70.6 Å². The lowest BCUT2D eigenvalue weighted by molar-refractivity contribution is 0.613. The van der Waals surface area contributed by atoms with Crippen molar-refractivity contribution in [2.24, 2.45) is 0 Å². The molecule has 0 aliphatic carbocycles. The number of hydrogen-bond acceptors (Lipinski definition) is 0. The summed E-state index contributed by atoms with van der Waals surface area (Å²) < 4.78 is 0. The predicted molar refractivity (Wildman–Crippen MR) is 83.4 cm³/mol. The molecule has 0 amide bonds. The van der Waals surface area contributed by atoms with Gasteiger partial charge in [0.15, 0.2) is 0 Å². The van der Waals surface area contributed by atoms with Crippen LogP contribution in [0, 0.1) is 0 Å². The molecule has 0 atom stereocenters. The molecule has 0 aliphatic heterocycles. The lowest BCUT2D eigenvalue weighted by atomic mass is 9.83. The minimum Gasteiger partial charge on any atom is -0.111 e. The zero-order valence-electron chi connectivity index (χ0n) is 12.8. The molecular weight excluding hydrogens is 203 g/mol. The van der Waals surface area contributed by atoms with Crippen molar-refractivity contribution in [2.45, 2.75) is 91.4 Å². The molecule has 0 unspecified atom stereocenters. The molecule has 0 saturated carbocycles. The molecule has 100 valence electrons. The Morgan fingerprint density at radius 2 is 1.18 bits per heavy atom. The highest BCUT2D eigenvalue weighted by atomic mass is 14.1. The summed E-state index contributed by atoms with van der Waals surface area (Å²) in [5, 5.41) is 0. The van der Waals surface area contributed by atoms with Crippen LogP contribution in [0.4, 0.5) is 0 Å². The summed E-state index contributed by atoms with van der Waals surface area (Å²) in [5.74, 6) is 0. The summed E-state index contributed by atoms with van der Waals surface area (Å²) in [5.41, 5.74) is 3.44. The van der Waals surface area contributed by atoms with Gasteiger partial charge in [-0.1, -0.05) is 64.9 Å². The molecule has 0 aliphatic rings. The van der Waals surface area contributed by atoms with E-state index < -0.39 is 0 Å². The highest BCUT2D eigenvalue weighted by Gasteiger charge is 2.02. The number of unbranched alkanes of at least 4 members (excludes halogenated alkanes) is 6. The van der Waals surface area contributed by atoms with Crippen LogP contribution in [-0.2, 0) is 0 Å². The largest absolute Gasteiger partial charge is 0.133 e. The molecule has 0 bridgehead atoms. The SMILES string of the molecule is B/C(CC)=C(\CCCCC)CCCCCCC. The van der Waals surface area contributed by atoms with Gasteiger partial charge in [-0.05, 0) is 32.1 Å². The summed E-state index contributed by atoms with van der Waals surface area (Å²) in [6.07, 6.45) is 15.2. The van der Waals surface area contributed by atoms with E-state index >= 15 is 0 Å². The third-order valence-electron chi connectivity index (χ3n) is 3.80. The summed E-state index contributed by atoms with van der Waals surface area (Å²) in [6, 6.07) is 0. The fraction of sp³-hybridized carbons (Fsp3) is 0.875. The Morgan fingerprint density at radius 1 is 0.706 bits per heavy atom. The quantitative estimate of drug-likeness (QED) is 0.340. The normalized spacial score (nSPS) is 12.6. The molecule has 1 heteroatoms. The van der Waals surface area contributed by atoms with Crippen LogP contribution < -0.4 is 0 Å². The standard InChI is InChI=1S/C16H33B/c1-4-7-9-10-12-14-15(16(17)6-3)13-11-8-5-2/h4-14,17H2,1-3H3/b16-15+. The highest BCUT2D eigenvalue weighted by Crippen LogP contribution is 2.21. The van der Waals surface area contributed by atoms with Gasteiger partial charge < -0.3 is 0 Å². The van der Waals surface area contributed by atoms with Crippen LogP contribution >= 0.6 is 0 Å². The van der Waals surface area contributed by atoms with E-state index in [1.54, 1.807) is 11.0 Å². The Balaban J connectivity index is 3.87. The fourth-order valence-electron chi connectivity index (χ4n) is 2.33. The van der Waals surface area contributed by atoms with Crippen LogP contribution in [0.1, 0.15) is 91.4 Å². The molecule has 0 aromatic heterocycles. The lowest BCUT2D eigenvalue weighted by Gasteiger charge is -2.11. The van der Waals surface area contributed by atoms with Crippen LogP contribution in [0.3, 0.4) is 0 Å². The van der Waals surface area contributed by atoms with Crippen molar-refractivity contribution >= 4 is 7.85 Å². The van der Waals surface area contributed by atoms with E-state index in [0.29, 0.717) is 0 Å². The zero-order chi connectivity index (χ0) is 12.9. The second kappa shape index (κ2) is 12.3. The van der Waals surface area contributed by atoms with Crippen molar-refractivity contribution in [1.29, 1.82) is 0 Å². The predicted octanol–water partition coefficient (Wildman–Crippen LogP) is 5.22. The van der Waals surface area contributed by atoms with Crippen molar-refractivity contribution in [3.63, 3.8) is 0 Å². The van der Waals surface area contributed by atoms with Crippen LogP contribution in [0.15, 0.2) is 11.0 Å². The van der Waals surface area contributed by atoms with Gasteiger partial charge in [0.25, 0.3) is 0 Å². The van der Waals surface area contributed by atoms with E-state index in [1.807, 2.05) is 0 Å². The Labute approximate surface area is 111 Å². The molecule has 17 heavy (non-hydrogen) atoms. The summed E-state index contributed by atoms with van der Waals surface area (Å²) in [4.78, 5) is 0. The van der Waals surface area contributed by atoms with E-state index in [4.69, 9.17) is 0 Å². The average Bonchev–Trinajstić information content (AvgIpc) is 2.35. The Kier molecular flexibility index (Phi) is 12.1. The van der Waals surface area contributed by atoms with Gasteiger partial charge in [-0.15, -0.1) is 5.47 Å². The second-order valence-corrected chi connectivity index (χ2v) is 5.36.